The molecule has 46 heavy (non-hydrogen) atoms. The van der Waals surface area contributed by atoms with Crippen LogP contribution in [0, 0.1) is 0 Å². The van der Waals surface area contributed by atoms with Gasteiger partial charge in [-0.25, -0.2) is 0 Å². The van der Waals surface area contributed by atoms with Gasteiger partial charge in [-0.2, -0.15) is 0 Å². The van der Waals surface area contributed by atoms with Gasteiger partial charge in [0, 0.05) is 0 Å². The molecule has 214 valence electrons. The van der Waals surface area contributed by atoms with E-state index in [1.165, 1.54) is 87.6 Å². The van der Waals surface area contributed by atoms with E-state index in [9.17, 15) is 0 Å². The van der Waals surface area contributed by atoms with Gasteiger partial charge in [-0.3, -0.25) is 0 Å². The van der Waals surface area contributed by atoms with Crippen LogP contribution in [-0.4, -0.2) is 0 Å². The number of benzene rings is 9. The molecule has 0 heterocycles. The number of rotatable bonds is 4. The lowest BCUT2D eigenvalue weighted by atomic mass is 9.91. The molecule has 9 aromatic carbocycles. The fourth-order valence-electron chi connectivity index (χ4n) is 7.10. The van der Waals surface area contributed by atoms with Crippen molar-refractivity contribution in [2.24, 2.45) is 0 Å². The van der Waals surface area contributed by atoms with Gasteiger partial charge < -0.3 is 0 Å². The summed E-state index contributed by atoms with van der Waals surface area (Å²) in [4.78, 5) is 0. The standard InChI is InChI=1S/C46H30/c1-3-11-31(12-4-1)41-15-7-9-17-43(41)35-21-19-33-25-37-23-24-38-26-34-20-22-36(28-40(34)30-46(38)45(37)29-39(33)27-35)44-18-10-8-16-42(44)32-13-5-2-6-14-32/h1-30H. The summed E-state index contributed by atoms with van der Waals surface area (Å²) in [6.07, 6.45) is 0. The van der Waals surface area contributed by atoms with Crippen LogP contribution in [0.5, 0.6) is 0 Å². The molecule has 0 aliphatic rings. The van der Waals surface area contributed by atoms with E-state index >= 15 is 0 Å². The maximum absolute atomic E-state index is 2.39. The average Bonchev–Trinajstić information content (AvgIpc) is 3.13. The first kappa shape index (κ1) is 26.4. The van der Waals surface area contributed by atoms with E-state index in [0.29, 0.717) is 0 Å². The molecule has 9 rings (SSSR count). The fraction of sp³-hybridized carbons (Fsp3) is 0. The van der Waals surface area contributed by atoms with Crippen molar-refractivity contribution in [3.05, 3.63) is 182 Å². The summed E-state index contributed by atoms with van der Waals surface area (Å²) in [6.45, 7) is 0. The first-order valence-corrected chi connectivity index (χ1v) is 15.9. The second kappa shape index (κ2) is 10.9. The lowest BCUT2D eigenvalue weighted by Crippen LogP contribution is -1.87. The van der Waals surface area contributed by atoms with Crippen molar-refractivity contribution in [3.63, 3.8) is 0 Å². The molecule has 0 aliphatic carbocycles. The molecular formula is C46H30. The highest BCUT2D eigenvalue weighted by Gasteiger charge is 2.11. The van der Waals surface area contributed by atoms with Gasteiger partial charge in [-0.15, -0.1) is 0 Å². The molecule has 0 aliphatic heterocycles. The molecule has 0 fully saturated rings. The molecule has 0 bridgehead atoms. The Balaban J connectivity index is 1.20. The summed E-state index contributed by atoms with van der Waals surface area (Å²) in [5.41, 5.74) is 9.96. The second-order valence-corrected chi connectivity index (χ2v) is 12.2. The van der Waals surface area contributed by atoms with E-state index in [-0.39, 0.29) is 0 Å². The Morgan fingerprint density at radius 3 is 0.957 bits per heavy atom. The summed E-state index contributed by atoms with van der Waals surface area (Å²) in [5, 5.41) is 10.1. The summed E-state index contributed by atoms with van der Waals surface area (Å²) < 4.78 is 0. The van der Waals surface area contributed by atoms with Crippen LogP contribution in [0.1, 0.15) is 0 Å². The van der Waals surface area contributed by atoms with Gasteiger partial charge in [-0.1, -0.05) is 146 Å². The van der Waals surface area contributed by atoms with Gasteiger partial charge in [0.25, 0.3) is 0 Å². The van der Waals surface area contributed by atoms with Crippen molar-refractivity contribution in [1.29, 1.82) is 0 Å². The summed E-state index contributed by atoms with van der Waals surface area (Å²) in [7, 11) is 0. The molecule has 9 aromatic rings. The minimum Gasteiger partial charge on any atom is -0.0622 e. The molecule has 0 nitrogen and oxygen atoms in total. The highest BCUT2D eigenvalue weighted by molar-refractivity contribution is 6.16. The maximum atomic E-state index is 2.39. The molecule has 0 saturated heterocycles. The van der Waals surface area contributed by atoms with Crippen LogP contribution in [0.4, 0.5) is 0 Å². The molecule has 0 heteroatoms. The van der Waals surface area contributed by atoms with Crippen LogP contribution in [-0.2, 0) is 0 Å². The van der Waals surface area contributed by atoms with E-state index in [1.54, 1.807) is 0 Å². The van der Waals surface area contributed by atoms with Gasteiger partial charge in [0.2, 0.25) is 0 Å². The molecule has 0 radical (unpaired) electrons. The van der Waals surface area contributed by atoms with E-state index < -0.39 is 0 Å². The lowest BCUT2D eigenvalue weighted by molar-refractivity contribution is 1.59. The van der Waals surface area contributed by atoms with Gasteiger partial charge in [0.05, 0.1) is 0 Å². The Morgan fingerprint density at radius 2 is 0.543 bits per heavy atom. The smallest absolute Gasteiger partial charge is 0.00988 e. The van der Waals surface area contributed by atoms with Crippen LogP contribution in [0.25, 0.3) is 87.6 Å². The van der Waals surface area contributed by atoms with Gasteiger partial charge in [-0.05, 0) is 124 Å². The van der Waals surface area contributed by atoms with Crippen molar-refractivity contribution in [2.45, 2.75) is 0 Å². The molecule has 0 saturated carbocycles. The topological polar surface area (TPSA) is 0 Å². The monoisotopic (exact) mass is 582 g/mol. The maximum Gasteiger partial charge on any atom is -0.00988 e. The third-order valence-electron chi connectivity index (χ3n) is 9.40. The second-order valence-electron chi connectivity index (χ2n) is 12.2. The van der Waals surface area contributed by atoms with Crippen molar-refractivity contribution >= 4 is 43.1 Å². The molecule has 0 aromatic heterocycles. The number of hydrogen-bond donors (Lipinski definition) is 0. The van der Waals surface area contributed by atoms with E-state index in [2.05, 4.69) is 182 Å². The average molecular weight is 583 g/mol. The molecule has 0 spiro atoms. The van der Waals surface area contributed by atoms with Crippen LogP contribution >= 0.6 is 0 Å². The highest BCUT2D eigenvalue weighted by atomic mass is 14.2. The summed E-state index contributed by atoms with van der Waals surface area (Å²) in [6, 6.07) is 66.6. The van der Waals surface area contributed by atoms with Crippen LogP contribution < -0.4 is 0 Å². The Morgan fingerprint density at radius 1 is 0.196 bits per heavy atom. The predicted octanol–water partition coefficient (Wildman–Crippen LogP) is 13.0. The largest absolute Gasteiger partial charge is 0.0622 e. The SMILES string of the molecule is c1ccc(-c2ccccc2-c2ccc3cc4ccc5cc6ccc(-c7ccccc7-c7ccccc7)cc6cc5c4cc3c2)cc1. The summed E-state index contributed by atoms with van der Waals surface area (Å²) in [5.74, 6) is 0. The Labute approximate surface area is 268 Å². The summed E-state index contributed by atoms with van der Waals surface area (Å²) >= 11 is 0. The zero-order valence-electron chi connectivity index (χ0n) is 25.3. The molecule has 0 N–H and O–H groups in total. The van der Waals surface area contributed by atoms with Gasteiger partial charge >= 0.3 is 0 Å². The minimum absolute atomic E-state index is 1.23. The van der Waals surface area contributed by atoms with Crippen molar-refractivity contribution in [3.8, 4) is 44.5 Å². The Hall–Kier alpha value is -5.98. The Kier molecular flexibility index (Phi) is 6.25. The Bertz CT molecular complexity index is 2380. The third-order valence-corrected chi connectivity index (χ3v) is 9.40. The first-order chi connectivity index (χ1) is 22.8. The first-order valence-electron chi connectivity index (χ1n) is 15.9. The van der Waals surface area contributed by atoms with Crippen molar-refractivity contribution in [1.82, 2.24) is 0 Å². The molecule has 0 unspecified atom stereocenters. The van der Waals surface area contributed by atoms with Gasteiger partial charge in [0.1, 0.15) is 0 Å². The van der Waals surface area contributed by atoms with Crippen molar-refractivity contribution in [2.75, 3.05) is 0 Å². The zero-order valence-corrected chi connectivity index (χ0v) is 25.3. The molecule has 0 amide bonds. The normalized spacial score (nSPS) is 11.5. The zero-order chi connectivity index (χ0) is 30.5. The highest BCUT2D eigenvalue weighted by Crippen LogP contribution is 2.38. The molecule has 0 atom stereocenters. The fourth-order valence-corrected chi connectivity index (χ4v) is 7.10. The van der Waals surface area contributed by atoms with Gasteiger partial charge in [0.15, 0.2) is 0 Å². The lowest BCUT2D eigenvalue weighted by Gasteiger charge is -2.13. The van der Waals surface area contributed by atoms with Crippen LogP contribution in [0.2, 0.25) is 0 Å². The third kappa shape index (κ3) is 4.55. The predicted molar refractivity (Wildman–Crippen MR) is 198 cm³/mol. The van der Waals surface area contributed by atoms with Crippen LogP contribution in [0.15, 0.2) is 182 Å². The number of hydrogen-bond acceptors (Lipinski definition) is 0. The molecular weight excluding hydrogens is 553 g/mol. The van der Waals surface area contributed by atoms with E-state index in [1.807, 2.05) is 0 Å². The van der Waals surface area contributed by atoms with E-state index in [4.69, 9.17) is 0 Å². The number of fused-ring (bicyclic) bond motifs is 5. The minimum atomic E-state index is 1.23. The van der Waals surface area contributed by atoms with E-state index in [0.717, 1.165) is 0 Å². The quantitative estimate of drug-likeness (QED) is 0.143. The van der Waals surface area contributed by atoms with Crippen molar-refractivity contribution < 1.29 is 0 Å². The van der Waals surface area contributed by atoms with Crippen LogP contribution in [0.3, 0.4) is 0 Å².